The minimum absolute atomic E-state index is 0.0237. The number of carbonyl (C=O) groups is 1. The molecule has 0 aliphatic heterocycles. The Labute approximate surface area is 284 Å². The van der Waals surface area contributed by atoms with Gasteiger partial charge in [-0.3, -0.25) is 0 Å². The lowest BCUT2D eigenvalue weighted by Gasteiger charge is -2.51. The van der Waals surface area contributed by atoms with Crippen molar-refractivity contribution in [1.29, 1.82) is 0 Å². The molecule has 5 nitrogen and oxygen atoms in total. The molecule has 0 heterocycles. The lowest BCUT2D eigenvalue weighted by atomic mass is 9.64. The first-order valence-electron chi connectivity index (χ1n) is 17.8. The molecule has 262 valence electrons. The molecule has 0 bridgehead atoms. The molecule has 0 saturated heterocycles. The van der Waals surface area contributed by atoms with E-state index < -0.39 is 28.0 Å². The number of ether oxygens (including phenoxy) is 2. The zero-order valence-electron chi connectivity index (χ0n) is 32.3. The van der Waals surface area contributed by atoms with Gasteiger partial charge in [0, 0.05) is 12.8 Å². The number of esters is 1. The van der Waals surface area contributed by atoms with Gasteiger partial charge in [-0.25, -0.2) is 4.79 Å². The molecule has 46 heavy (non-hydrogen) atoms. The second kappa shape index (κ2) is 13.6. The van der Waals surface area contributed by atoms with E-state index in [1.54, 1.807) is 5.57 Å². The van der Waals surface area contributed by atoms with Crippen molar-refractivity contribution < 1.29 is 23.1 Å². The van der Waals surface area contributed by atoms with Crippen molar-refractivity contribution >= 4 is 22.6 Å². The summed E-state index contributed by atoms with van der Waals surface area (Å²) < 4.78 is 26.8. The highest BCUT2D eigenvalue weighted by Crippen LogP contribution is 2.56. The van der Waals surface area contributed by atoms with Crippen LogP contribution < -0.4 is 0 Å². The largest absolute Gasteiger partial charge is 0.458 e. The molecular formula is C39H68O5Si2. The molecule has 7 heteroatoms. The van der Waals surface area contributed by atoms with Crippen LogP contribution in [0.2, 0.25) is 36.3 Å². The quantitative estimate of drug-likeness (QED) is 0.106. The van der Waals surface area contributed by atoms with Crippen LogP contribution >= 0.6 is 0 Å². The summed E-state index contributed by atoms with van der Waals surface area (Å²) >= 11 is 0. The molecule has 4 atom stereocenters. The van der Waals surface area contributed by atoms with Crippen molar-refractivity contribution in [2.45, 2.75) is 175 Å². The highest BCUT2D eigenvalue weighted by molar-refractivity contribution is 6.74. The van der Waals surface area contributed by atoms with Crippen LogP contribution in [0.25, 0.3) is 0 Å². The van der Waals surface area contributed by atoms with Gasteiger partial charge in [-0.2, -0.15) is 0 Å². The predicted molar refractivity (Wildman–Crippen MR) is 198 cm³/mol. The maximum Gasteiger partial charge on any atom is 0.332 e. The molecule has 0 radical (unpaired) electrons. The van der Waals surface area contributed by atoms with Crippen LogP contribution in [0.5, 0.6) is 0 Å². The second-order valence-electron chi connectivity index (χ2n) is 18.5. The molecule has 0 aromatic carbocycles. The van der Waals surface area contributed by atoms with E-state index in [2.05, 4.69) is 106 Å². The number of fused-ring (bicyclic) bond motifs is 1. The summed E-state index contributed by atoms with van der Waals surface area (Å²) in [6.45, 7) is 37.5. The number of allylic oxidation sites excluding steroid dienone is 5. The van der Waals surface area contributed by atoms with Crippen LogP contribution in [0.15, 0.2) is 47.1 Å². The summed E-state index contributed by atoms with van der Waals surface area (Å²) in [5, 5.41) is -0.0275. The SMILES string of the molecule is C=C1C(=CC=C2CCC[C@]3(C)C(CC)=CC[C@H]23)C[C@@](OCC(=O)OC(C)(C)C)(O[Si](C)(C)C(C)(C)C)C[C@@H]1O[Si](C)(C)C(C)(C)C. The summed E-state index contributed by atoms with van der Waals surface area (Å²) in [5.41, 5.74) is 4.93. The molecular weight excluding hydrogens is 605 g/mol. The summed E-state index contributed by atoms with van der Waals surface area (Å²) in [6, 6.07) is 0. The summed E-state index contributed by atoms with van der Waals surface area (Å²) in [4.78, 5) is 13.1. The number of hydrogen-bond donors (Lipinski definition) is 0. The van der Waals surface area contributed by atoms with Crippen molar-refractivity contribution in [3.8, 4) is 0 Å². The van der Waals surface area contributed by atoms with Crippen molar-refractivity contribution in [2.24, 2.45) is 11.3 Å². The van der Waals surface area contributed by atoms with Crippen LogP contribution in [-0.2, 0) is 23.1 Å². The molecule has 0 amide bonds. The Balaban J connectivity index is 2.11. The van der Waals surface area contributed by atoms with Crippen molar-refractivity contribution in [1.82, 2.24) is 0 Å². The molecule has 0 aromatic heterocycles. The Morgan fingerprint density at radius 2 is 1.61 bits per heavy atom. The topological polar surface area (TPSA) is 54.0 Å². The van der Waals surface area contributed by atoms with E-state index in [0.29, 0.717) is 18.8 Å². The molecule has 0 aromatic rings. The third-order valence-corrected chi connectivity index (χ3v) is 20.7. The molecule has 0 unspecified atom stereocenters. The smallest absolute Gasteiger partial charge is 0.332 e. The Bertz CT molecular complexity index is 1240. The van der Waals surface area contributed by atoms with Gasteiger partial charge in [0.2, 0.25) is 0 Å². The molecule has 3 aliphatic carbocycles. The average Bonchev–Trinajstić information content (AvgIpc) is 3.22. The highest BCUT2D eigenvalue weighted by Gasteiger charge is 2.52. The second-order valence-corrected chi connectivity index (χ2v) is 28.0. The fraction of sp³-hybridized carbons (Fsp3) is 0.769. The van der Waals surface area contributed by atoms with Crippen LogP contribution in [0.4, 0.5) is 0 Å². The van der Waals surface area contributed by atoms with Crippen molar-refractivity contribution in [2.75, 3.05) is 6.61 Å². The van der Waals surface area contributed by atoms with E-state index in [4.69, 9.17) is 18.3 Å². The maximum atomic E-state index is 13.1. The normalized spacial score (nSPS) is 30.1. The van der Waals surface area contributed by atoms with E-state index in [1.807, 2.05) is 20.8 Å². The fourth-order valence-corrected chi connectivity index (χ4v) is 9.70. The Morgan fingerprint density at radius 3 is 2.15 bits per heavy atom. The molecule has 0 N–H and O–H groups in total. The average molecular weight is 673 g/mol. The molecule has 3 rings (SSSR count). The third kappa shape index (κ3) is 8.85. The monoisotopic (exact) mass is 672 g/mol. The van der Waals surface area contributed by atoms with Gasteiger partial charge >= 0.3 is 5.97 Å². The van der Waals surface area contributed by atoms with Gasteiger partial charge in [0.05, 0.1) is 6.10 Å². The van der Waals surface area contributed by atoms with Crippen molar-refractivity contribution in [3.63, 3.8) is 0 Å². The molecule has 2 fully saturated rings. The minimum Gasteiger partial charge on any atom is -0.458 e. The van der Waals surface area contributed by atoms with E-state index in [0.717, 1.165) is 30.4 Å². The Hall–Kier alpha value is -1.26. The van der Waals surface area contributed by atoms with E-state index >= 15 is 0 Å². The Kier molecular flexibility index (Phi) is 11.6. The molecule has 2 saturated carbocycles. The first kappa shape index (κ1) is 39.2. The van der Waals surface area contributed by atoms with Gasteiger partial charge in [0.1, 0.15) is 12.2 Å². The summed E-state index contributed by atoms with van der Waals surface area (Å²) in [6.07, 6.45) is 13.8. The zero-order chi connectivity index (χ0) is 35.1. The zero-order valence-corrected chi connectivity index (χ0v) is 34.3. The highest BCUT2D eigenvalue weighted by atomic mass is 28.4. The number of rotatable bonds is 9. The van der Waals surface area contributed by atoms with Gasteiger partial charge in [0.25, 0.3) is 0 Å². The van der Waals surface area contributed by atoms with Gasteiger partial charge in [-0.05, 0) is 112 Å². The standard InChI is InChI=1S/C39H68O5Si2/c1-17-31-22-23-32-29(19-18-24-38(31,32)12)20-21-30-25-39(44-46(15,16)37(9,10)11,41-27-34(40)42-35(3,4)5)26-33(28(30)2)43-45(13,14)36(6,7)8/h20-22,32-33H,2,17-19,23-27H2,1,3-16H3/t32-,33+,38-,39-/m1/s1. The predicted octanol–water partition coefficient (Wildman–Crippen LogP) is 11.2. The lowest BCUT2D eigenvalue weighted by molar-refractivity contribution is -0.218. The summed E-state index contributed by atoms with van der Waals surface area (Å²) in [7, 11) is -4.55. The Morgan fingerprint density at radius 1 is 1.00 bits per heavy atom. The van der Waals surface area contributed by atoms with Gasteiger partial charge in [-0.1, -0.05) is 91.3 Å². The lowest BCUT2D eigenvalue weighted by Crippen LogP contribution is -2.56. The van der Waals surface area contributed by atoms with E-state index in [1.165, 1.54) is 18.4 Å². The van der Waals surface area contributed by atoms with E-state index in [9.17, 15) is 4.79 Å². The van der Waals surface area contributed by atoms with Crippen LogP contribution in [0.3, 0.4) is 0 Å². The first-order valence-corrected chi connectivity index (χ1v) is 23.6. The van der Waals surface area contributed by atoms with Crippen LogP contribution in [-0.4, -0.2) is 46.7 Å². The van der Waals surface area contributed by atoms with Gasteiger partial charge in [0.15, 0.2) is 22.4 Å². The number of carbonyl (C=O) groups excluding carboxylic acids is 1. The first-order chi connectivity index (χ1) is 20.8. The maximum absolute atomic E-state index is 13.1. The third-order valence-electron chi connectivity index (χ3n) is 11.7. The van der Waals surface area contributed by atoms with Crippen molar-refractivity contribution in [3.05, 3.63) is 47.1 Å². The molecule has 3 aliphatic rings. The fourth-order valence-electron chi connectivity index (χ4n) is 6.96. The van der Waals surface area contributed by atoms with E-state index in [-0.39, 0.29) is 34.2 Å². The van der Waals surface area contributed by atoms with Gasteiger partial charge in [-0.15, -0.1) is 0 Å². The van der Waals surface area contributed by atoms with Crippen LogP contribution in [0.1, 0.15) is 121 Å². The summed E-state index contributed by atoms with van der Waals surface area (Å²) in [5.74, 6) is -0.864. The van der Waals surface area contributed by atoms with Gasteiger partial charge < -0.3 is 18.3 Å². The minimum atomic E-state index is -2.36. The molecule has 0 spiro atoms. The van der Waals surface area contributed by atoms with Crippen LogP contribution in [0, 0.1) is 11.3 Å². The number of hydrogen-bond acceptors (Lipinski definition) is 5.